The van der Waals surface area contributed by atoms with Crippen LogP contribution in [0.4, 0.5) is 4.79 Å². The molecule has 0 aromatic heterocycles. The Morgan fingerprint density at radius 2 is 1.86 bits per heavy atom. The van der Waals surface area contributed by atoms with Crippen molar-refractivity contribution in [3.8, 4) is 0 Å². The lowest BCUT2D eigenvalue weighted by Gasteiger charge is -2.20. The zero-order chi connectivity index (χ0) is 16.5. The Bertz CT molecular complexity index is 368. The summed E-state index contributed by atoms with van der Waals surface area (Å²) in [7, 11) is 1.25. The highest BCUT2D eigenvalue weighted by Crippen LogP contribution is 2.06. The number of carbonyl (C=O) groups excluding carboxylic acids is 3. The fraction of sp³-hybridized carbons (Fsp3) is 0.769. The largest absolute Gasteiger partial charge is 0.467 e. The van der Waals surface area contributed by atoms with Crippen LogP contribution in [-0.2, 0) is 19.1 Å². The van der Waals surface area contributed by atoms with Crippen molar-refractivity contribution >= 4 is 30.6 Å². The van der Waals surface area contributed by atoms with Gasteiger partial charge in [-0.25, -0.2) is 9.59 Å². The molecule has 2 N–H and O–H groups in total. The third-order valence-electron chi connectivity index (χ3n) is 2.30. The molecule has 0 heterocycles. The van der Waals surface area contributed by atoms with Crippen LogP contribution in [0.25, 0.3) is 0 Å². The van der Waals surface area contributed by atoms with Crippen molar-refractivity contribution in [2.75, 3.05) is 19.4 Å². The van der Waals surface area contributed by atoms with E-state index in [0.29, 0.717) is 19.4 Å². The number of nitrogens with one attached hydrogen (secondary N) is 2. The molecule has 2 amide bonds. The molecule has 0 aliphatic carbocycles. The summed E-state index contributed by atoms with van der Waals surface area (Å²) in [6.45, 7) is 5.64. The molecule has 0 saturated heterocycles. The lowest BCUT2D eigenvalue weighted by molar-refractivity contribution is -0.145. The van der Waals surface area contributed by atoms with E-state index in [9.17, 15) is 14.4 Å². The molecule has 0 bridgehead atoms. The molecule has 8 heteroatoms. The molecule has 0 saturated carbocycles. The number of thiol groups is 1. The normalized spacial score (nSPS) is 12.2. The van der Waals surface area contributed by atoms with Crippen LogP contribution in [0.15, 0.2) is 0 Å². The Morgan fingerprint density at radius 1 is 1.24 bits per heavy atom. The van der Waals surface area contributed by atoms with Gasteiger partial charge in [0.15, 0.2) is 0 Å². The molecular weight excluding hydrogens is 296 g/mol. The van der Waals surface area contributed by atoms with Crippen molar-refractivity contribution in [3.05, 3.63) is 0 Å². The molecule has 1 atom stereocenters. The van der Waals surface area contributed by atoms with E-state index in [1.165, 1.54) is 7.11 Å². The smallest absolute Gasteiger partial charge is 0.407 e. The van der Waals surface area contributed by atoms with Gasteiger partial charge in [0, 0.05) is 6.54 Å². The van der Waals surface area contributed by atoms with E-state index in [-0.39, 0.29) is 11.7 Å². The van der Waals surface area contributed by atoms with E-state index >= 15 is 0 Å². The lowest BCUT2D eigenvalue weighted by atomic mass is 10.1. The summed E-state index contributed by atoms with van der Waals surface area (Å²) in [6.07, 6.45) is 0.324. The van der Waals surface area contributed by atoms with Gasteiger partial charge in [-0.1, -0.05) is 0 Å². The van der Waals surface area contributed by atoms with Gasteiger partial charge >= 0.3 is 12.1 Å². The van der Waals surface area contributed by atoms with Crippen molar-refractivity contribution < 1.29 is 23.9 Å². The van der Waals surface area contributed by atoms with Gasteiger partial charge in [-0.15, -0.1) is 0 Å². The van der Waals surface area contributed by atoms with Crippen LogP contribution in [0.2, 0.25) is 0 Å². The molecule has 0 radical (unpaired) electrons. The molecule has 0 aromatic carbocycles. The fourth-order valence-electron chi connectivity index (χ4n) is 1.44. The van der Waals surface area contributed by atoms with Gasteiger partial charge in [0.2, 0.25) is 5.91 Å². The van der Waals surface area contributed by atoms with Crippen LogP contribution in [0.3, 0.4) is 0 Å². The molecule has 0 aromatic rings. The third kappa shape index (κ3) is 10.0. The Labute approximate surface area is 130 Å². The quantitative estimate of drug-likeness (QED) is 0.368. The van der Waals surface area contributed by atoms with Gasteiger partial charge in [0.25, 0.3) is 0 Å². The van der Waals surface area contributed by atoms with Gasteiger partial charge < -0.3 is 20.1 Å². The van der Waals surface area contributed by atoms with Gasteiger partial charge in [-0.2, -0.15) is 12.6 Å². The maximum atomic E-state index is 11.5. The third-order valence-corrected chi connectivity index (χ3v) is 2.59. The standard InChI is InChI=1S/C13H24N2O5S/c1-13(2,3)20-12(18)14-7-5-6-9(11(17)19-4)15-10(16)8-21/h9,21H,5-8H2,1-4H3,(H,14,18)(H,15,16). The monoisotopic (exact) mass is 320 g/mol. The van der Waals surface area contributed by atoms with E-state index in [1.807, 2.05) is 0 Å². The average molecular weight is 320 g/mol. The maximum absolute atomic E-state index is 11.5. The second kappa shape index (κ2) is 9.49. The first kappa shape index (κ1) is 19.6. The van der Waals surface area contributed by atoms with Crippen LogP contribution in [0, 0.1) is 0 Å². The summed E-state index contributed by atoms with van der Waals surface area (Å²) < 4.78 is 9.68. The number of ether oxygens (including phenoxy) is 2. The Kier molecular flexibility index (Phi) is 8.84. The molecule has 122 valence electrons. The van der Waals surface area contributed by atoms with Crippen LogP contribution < -0.4 is 10.6 Å². The highest BCUT2D eigenvalue weighted by atomic mass is 32.1. The molecular formula is C13H24N2O5S. The summed E-state index contributed by atoms with van der Waals surface area (Å²) in [6, 6.07) is -0.741. The Balaban J connectivity index is 4.11. The Morgan fingerprint density at radius 3 is 2.33 bits per heavy atom. The van der Waals surface area contributed by atoms with Crippen molar-refractivity contribution in [2.45, 2.75) is 45.3 Å². The number of alkyl carbamates (subject to hydrolysis) is 1. The molecule has 0 spiro atoms. The summed E-state index contributed by atoms with van der Waals surface area (Å²) >= 11 is 3.83. The number of hydrogen-bond donors (Lipinski definition) is 3. The lowest BCUT2D eigenvalue weighted by Crippen LogP contribution is -2.42. The molecule has 21 heavy (non-hydrogen) atoms. The summed E-state index contributed by atoms with van der Waals surface area (Å²) in [5.41, 5.74) is -0.556. The molecule has 7 nitrogen and oxygen atoms in total. The van der Waals surface area contributed by atoms with Gasteiger partial charge in [0.1, 0.15) is 11.6 Å². The average Bonchev–Trinajstić information content (AvgIpc) is 2.38. The van der Waals surface area contributed by atoms with E-state index in [0.717, 1.165) is 0 Å². The van der Waals surface area contributed by atoms with Crippen molar-refractivity contribution in [3.63, 3.8) is 0 Å². The molecule has 0 aliphatic rings. The number of esters is 1. The maximum Gasteiger partial charge on any atom is 0.407 e. The number of rotatable bonds is 7. The number of methoxy groups -OCH3 is 1. The fourth-order valence-corrected chi connectivity index (χ4v) is 1.53. The minimum absolute atomic E-state index is 0.0103. The van der Waals surface area contributed by atoms with Crippen LogP contribution in [0.5, 0.6) is 0 Å². The number of amides is 2. The van der Waals surface area contributed by atoms with Gasteiger partial charge in [-0.05, 0) is 33.6 Å². The molecule has 1 unspecified atom stereocenters. The van der Waals surface area contributed by atoms with Crippen LogP contribution >= 0.6 is 12.6 Å². The summed E-state index contributed by atoms with van der Waals surface area (Å²) in [4.78, 5) is 34.2. The number of hydrogen-bond acceptors (Lipinski definition) is 6. The molecule has 0 rings (SSSR count). The zero-order valence-electron chi connectivity index (χ0n) is 12.9. The zero-order valence-corrected chi connectivity index (χ0v) is 13.8. The van der Waals surface area contributed by atoms with Crippen LogP contribution in [0.1, 0.15) is 33.6 Å². The first-order valence-corrected chi connectivity index (χ1v) is 7.27. The second-order valence-corrected chi connectivity index (χ2v) is 5.69. The second-order valence-electron chi connectivity index (χ2n) is 5.37. The van der Waals surface area contributed by atoms with Crippen LogP contribution in [-0.4, -0.2) is 49.0 Å². The van der Waals surface area contributed by atoms with Crippen molar-refractivity contribution in [2.24, 2.45) is 0 Å². The minimum atomic E-state index is -0.741. The Hall–Kier alpha value is -1.44. The van der Waals surface area contributed by atoms with Crippen molar-refractivity contribution in [1.29, 1.82) is 0 Å². The first-order chi connectivity index (χ1) is 9.69. The predicted molar refractivity (Wildman–Crippen MR) is 81.3 cm³/mol. The molecule has 0 aliphatic heterocycles. The highest BCUT2D eigenvalue weighted by Gasteiger charge is 2.21. The van der Waals surface area contributed by atoms with Gasteiger partial charge in [0.05, 0.1) is 12.9 Å². The van der Waals surface area contributed by atoms with E-state index in [4.69, 9.17) is 4.74 Å². The SMILES string of the molecule is COC(=O)C(CCCNC(=O)OC(C)(C)C)NC(=O)CS. The molecule has 0 fully saturated rings. The van der Waals surface area contributed by atoms with Gasteiger partial charge in [-0.3, -0.25) is 4.79 Å². The number of carbonyl (C=O) groups is 3. The first-order valence-electron chi connectivity index (χ1n) is 6.64. The van der Waals surface area contributed by atoms with E-state index < -0.39 is 23.7 Å². The minimum Gasteiger partial charge on any atom is -0.467 e. The summed E-state index contributed by atoms with van der Waals surface area (Å²) in [5.74, 6) is -0.889. The predicted octanol–water partition coefficient (Wildman–Crippen LogP) is 0.879. The highest BCUT2D eigenvalue weighted by molar-refractivity contribution is 7.81. The van der Waals surface area contributed by atoms with Crippen molar-refractivity contribution in [1.82, 2.24) is 10.6 Å². The van der Waals surface area contributed by atoms with E-state index in [2.05, 4.69) is 28.0 Å². The van der Waals surface area contributed by atoms with E-state index in [1.54, 1.807) is 20.8 Å². The summed E-state index contributed by atoms with van der Waals surface area (Å²) in [5, 5.41) is 5.09. The topological polar surface area (TPSA) is 93.7 Å².